The van der Waals surface area contributed by atoms with Crippen LogP contribution in [0.4, 0.5) is 5.69 Å². The van der Waals surface area contributed by atoms with E-state index in [1.165, 1.54) is 17.0 Å². The van der Waals surface area contributed by atoms with Crippen molar-refractivity contribution >= 4 is 11.6 Å². The Kier molecular flexibility index (Phi) is 4.84. The molecule has 1 N–H and O–H groups in total. The van der Waals surface area contributed by atoms with E-state index in [1.54, 1.807) is 24.3 Å². The fraction of sp³-hybridized carbons (Fsp3) is 0.150. The number of amides is 1. The molecule has 6 heteroatoms. The molecular weight excluding hydrogens is 330 g/mol. The minimum atomic E-state index is -0.741. The molecule has 0 saturated heterocycles. The summed E-state index contributed by atoms with van der Waals surface area (Å²) in [5, 5.41) is 2.69. The maximum Gasteiger partial charge on any atom is 0.320 e. The van der Waals surface area contributed by atoms with E-state index in [1.807, 2.05) is 38.1 Å². The first-order valence-electron chi connectivity index (χ1n) is 8.20. The molecule has 0 aliphatic heterocycles. The molecule has 3 aromatic rings. The highest BCUT2D eigenvalue weighted by Crippen LogP contribution is 2.11. The van der Waals surface area contributed by atoms with Crippen molar-refractivity contribution in [2.45, 2.75) is 20.4 Å². The number of hydrogen-bond acceptors (Lipinski definition) is 3. The summed E-state index contributed by atoms with van der Waals surface area (Å²) >= 11 is 0. The minimum Gasteiger partial charge on any atom is -0.325 e. The van der Waals surface area contributed by atoms with Crippen molar-refractivity contribution in [1.29, 1.82) is 0 Å². The van der Waals surface area contributed by atoms with Gasteiger partial charge in [0.15, 0.2) is 0 Å². The first-order chi connectivity index (χ1) is 12.4. The van der Waals surface area contributed by atoms with Crippen LogP contribution in [0, 0.1) is 13.8 Å². The van der Waals surface area contributed by atoms with Gasteiger partial charge in [0, 0.05) is 23.8 Å². The molecular formula is C20H19N3O3. The number of carbonyl (C=O) groups excluding carboxylic acids is 1. The summed E-state index contributed by atoms with van der Waals surface area (Å²) in [6.45, 7) is 3.63. The Morgan fingerprint density at radius 1 is 0.923 bits per heavy atom. The van der Waals surface area contributed by atoms with Gasteiger partial charge in [-0.05, 0) is 49.2 Å². The van der Waals surface area contributed by atoms with Gasteiger partial charge in [0.1, 0.15) is 6.54 Å². The van der Waals surface area contributed by atoms with Gasteiger partial charge in [-0.15, -0.1) is 0 Å². The molecule has 26 heavy (non-hydrogen) atoms. The van der Waals surface area contributed by atoms with E-state index < -0.39 is 11.1 Å². The Balaban J connectivity index is 1.87. The van der Waals surface area contributed by atoms with Gasteiger partial charge in [-0.1, -0.05) is 24.3 Å². The molecule has 0 saturated carbocycles. The van der Waals surface area contributed by atoms with Crippen LogP contribution in [0.5, 0.6) is 0 Å². The summed E-state index contributed by atoms with van der Waals surface area (Å²) in [6, 6.07) is 14.6. The van der Waals surface area contributed by atoms with Crippen molar-refractivity contribution < 1.29 is 4.79 Å². The van der Waals surface area contributed by atoms with Crippen molar-refractivity contribution in [3.63, 3.8) is 0 Å². The van der Waals surface area contributed by atoms with Gasteiger partial charge < -0.3 is 5.32 Å². The molecule has 0 spiro atoms. The SMILES string of the molecule is Cc1cc(C)cc(-n2ccn(CC(=O)Nc3ccccc3)c(=O)c2=O)c1. The Labute approximate surface area is 150 Å². The van der Waals surface area contributed by atoms with Gasteiger partial charge >= 0.3 is 11.1 Å². The highest BCUT2D eigenvalue weighted by atomic mass is 16.2. The Bertz CT molecular complexity index is 1050. The highest BCUT2D eigenvalue weighted by molar-refractivity contribution is 5.90. The lowest BCUT2D eigenvalue weighted by Crippen LogP contribution is -2.41. The first-order valence-corrected chi connectivity index (χ1v) is 8.20. The number of nitrogens with zero attached hydrogens (tertiary/aromatic N) is 2. The Morgan fingerprint density at radius 3 is 2.23 bits per heavy atom. The average molecular weight is 349 g/mol. The van der Waals surface area contributed by atoms with Gasteiger partial charge in [0.05, 0.1) is 0 Å². The number of aromatic nitrogens is 2. The van der Waals surface area contributed by atoms with E-state index in [4.69, 9.17) is 0 Å². The summed E-state index contributed by atoms with van der Waals surface area (Å²) in [4.78, 5) is 36.9. The van der Waals surface area contributed by atoms with Gasteiger partial charge in [-0.25, -0.2) is 0 Å². The van der Waals surface area contributed by atoms with Crippen molar-refractivity contribution in [1.82, 2.24) is 9.13 Å². The molecule has 3 rings (SSSR count). The van der Waals surface area contributed by atoms with Crippen molar-refractivity contribution in [2.24, 2.45) is 0 Å². The molecule has 0 atom stereocenters. The maximum absolute atomic E-state index is 12.5. The lowest BCUT2D eigenvalue weighted by Gasteiger charge is -2.11. The van der Waals surface area contributed by atoms with Crippen LogP contribution in [0.1, 0.15) is 11.1 Å². The van der Waals surface area contributed by atoms with E-state index >= 15 is 0 Å². The molecule has 1 heterocycles. The summed E-state index contributed by atoms with van der Waals surface area (Å²) in [7, 11) is 0. The number of carbonyl (C=O) groups is 1. The number of nitrogens with one attached hydrogen (secondary N) is 1. The van der Waals surface area contributed by atoms with Crippen LogP contribution in [0.15, 0.2) is 70.5 Å². The predicted octanol–water partition coefficient (Wildman–Crippen LogP) is 2.25. The summed E-state index contributed by atoms with van der Waals surface area (Å²) in [5.41, 5.74) is 1.83. The molecule has 1 amide bonds. The molecule has 1 aromatic heterocycles. The fourth-order valence-corrected chi connectivity index (χ4v) is 2.80. The maximum atomic E-state index is 12.5. The molecule has 2 aromatic carbocycles. The van der Waals surface area contributed by atoms with Crippen LogP contribution < -0.4 is 16.4 Å². The molecule has 132 valence electrons. The van der Waals surface area contributed by atoms with Crippen LogP contribution in [0.25, 0.3) is 5.69 Å². The van der Waals surface area contributed by atoms with Crippen LogP contribution in [0.3, 0.4) is 0 Å². The van der Waals surface area contributed by atoms with Crippen LogP contribution in [0.2, 0.25) is 0 Å². The molecule has 0 fully saturated rings. The van der Waals surface area contributed by atoms with Crippen molar-refractivity contribution in [3.8, 4) is 5.69 Å². The topological polar surface area (TPSA) is 73.1 Å². The van der Waals surface area contributed by atoms with Crippen LogP contribution >= 0.6 is 0 Å². The van der Waals surface area contributed by atoms with Gasteiger partial charge in [-0.3, -0.25) is 23.5 Å². The zero-order valence-corrected chi connectivity index (χ0v) is 14.6. The monoisotopic (exact) mass is 349 g/mol. The molecule has 0 aliphatic carbocycles. The Morgan fingerprint density at radius 2 is 1.58 bits per heavy atom. The summed E-state index contributed by atoms with van der Waals surface area (Å²) < 4.78 is 2.41. The van der Waals surface area contributed by atoms with E-state index in [0.29, 0.717) is 11.4 Å². The number of hydrogen-bond donors (Lipinski definition) is 1. The average Bonchev–Trinajstić information content (AvgIpc) is 2.59. The number of rotatable bonds is 4. The molecule has 0 unspecified atom stereocenters. The third-order valence-electron chi connectivity index (χ3n) is 3.91. The normalized spacial score (nSPS) is 10.5. The van der Waals surface area contributed by atoms with Crippen molar-refractivity contribution in [3.05, 3.63) is 92.8 Å². The van der Waals surface area contributed by atoms with Crippen molar-refractivity contribution in [2.75, 3.05) is 5.32 Å². The molecule has 0 radical (unpaired) electrons. The van der Waals surface area contributed by atoms with E-state index in [9.17, 15) is 14.4 Å². The summed E-state index contributed by atoms with van der Waals surface area (Å²) in [5.74, 6) is -0.373. The second-order valence-electron chi connectivity index (χ2n) is 6.17. The molecule has 0 bridgehead atoms. The first kappa shape index (κ1) is 17.4. The van der Waals surface area contributed by atoms with E-state index in [-0.39, 0.29) is 12.5 Å². The number of anilines is 1. The number of para-hydroxylation sites is 1. The second kappa shape index (κ2) is 7.23. The summed E-state index contributed by atoms with van der Waals surface area (Å²) in [6.07, 6.45) is 2.96. The van der Waals surface area contributed by atoms with Gasteiger partial charge in [0.2, 0.25) is 5.91 Å². The van der Waals surface area contributed by atoms with E-state index in [0.717, 1.165) is 15.7 Å². The molecule has 0 aliphatic rings. The third kappa shape index (κ3) is 3.80. The standard InChI is InChI=1S/C20H19N3O3/c1-14-10-15(2)12-17(11-14)23-9-8-22(19(25)20(23)26)13-18(24)21-16-6-4-3-5-7-16/h3-12H,13H2,1-2H3,(H,21,24). The quantitative estimate of drug-likeness (QED) is 0.734. The van der Waals surface area contributed by atoms with Crippen LogP contribution in [-0.4, -0.2) is 15.0 Å². The lowest BCUT2D eigenvalue weighted by molar-refractivity contribution is -0.116. The third-order valence-corrected chi connectivity index (χ3v) is 3.91. The zero-order valence-electron chi connectivity index (χ0n) is 14.6. The van der Waals surface area contributed by atoms with Gasteiger partial charge in [-0.2, -0.15) is 0 Å². The largest absolute Gasteiger partial charge is 0.325 e. The minimum absolute atomic E-state index is 0.226. The van der Waals surface area contributed by atoms with E-state index in [2.05, 4.69) is 5.32 Å². The lowest BCUT2D eigenvalue weighted by atomic mass is 10.1. The fourth-order valence-electron chi connectivity index (χ4n) is 2.80. The smallest absolute Gasteiger partial charge is 0.320 e. The van der Waals surface area contributed by atoms with Crippen LogP contribution in [-0.2, 0) is 11.3 Å². The number of aryl methyl sites for hydroxylation is 2. The zero-order chi connectivity index (χ0) is 18.7. The Hall–Kier alpha value is -3.41. The highest BCUT2D eigenvalue weighted by Gasteiger charge is 2.10. The van der Waals surface area contributed by atoms with Gasteiger partial charge in [0.25, 0.3) is 0 Å². The second-order valence-corrected chi connectivity index (χ2v) is 6.17. The predicted molar refractivity (Wildman–Crippen MR) is 101 cm³/mol. The molecule has 6 nitrogen and oxygen atoms in total. The number of benzene rings is 2.